The zero-order valence-corrected chi connectivity index (χ0v) is 17.9. The van der Waals surface area contributed by atoms with Crippen LogP contribution in [0.25, 0.3) is 5.52 Å². The maximum absolute atomic E-state index is 6.40. The molecule has 1 aromatic carbocycles. The number of halogens is 2. The third-order valence-electron chi connectivity index (χ3n) is 5.37. The highest BCUT2D eigenvalue weighted by Crippen LogP contribution is 2.32. The molecule has 1 saturated heterocycles. The number of pyridine rings is 1. The molecule has 0 bridgehead atoms. The number of rotatable bonds is 7. The molecule has 0 atom stereocenters. The summed E-state index contributed by atoms with van der Waals surface area (Å²) in [6.07, 6.45) is 7.03. The third-order valence-corrected chi connectivity index (χ3v) is 6.18. The first kappa shape index (κ1) is 20.3. The highest BCUT2D eigenvalue weighted by Gasteiger charge is 2.17. The van der Waals surface area contributed by atoms with Gasteiger partial charge < -0.3 is 14.5 Å². The second kappa shape index (κ2) is 9.70. The van der Waals surface area contributed by atoms with Gasteiger partial charge in [-0.2, -0.15) is 5.10 Å². The summed E-state index contributed by atoms with van der Waals surface area (Å²) < 4.78 is 7.74. The fraction of sp³-hybridized carbons (Fsp3) is 0.409. The van der Waals surface area contributed by atoms with E-state index in [2.05, 4.69) is 21.0 Å². The molecule has 0 unspecified atom stereocenters. The fourth-order valence-corrected chi connectivity index (χ4v) is 4.21. The standard InChI is InChI=1S/C22H26Cl2N4O/c23-20-5-3-6-21(22(20)24)27-12-4-11-26(14-15-27)10-1-2-16-29-19-8-13-28-18(17-19)7-9-25-28/h3,5-9,13,17H,1-2,4,10-12,14-16H2. The summed E-state index contributed by atoms with van der Waals surface area (Å²) >= 11 is 12.6. The Morgan fingerprint density at radius 2 is 1.93 bits per heavy atom. The molecule has 5 nitrogen and oxygen atoms in total. The Hall–Kier alpha value is -1.95. The topological polar surface area (TPSA) is 33.0 Å². The second-order valence-electron chi connectivity index (χ2n) is 7.37. The molecule has 3 aromatic rings. The van der Waals surface area contributed by atoms with Gasteiger partial charge in [0.2, 0.25) is 0 Å². The molecule has 7 heteroatoms. The minimum Gasteiger partial charge on any atom is -0.493 e. The number of nitrogens with zero attached hydrogens (tertiary/aromatic N) is 4. The van der Waals surface area contributed by atoms with Crippen LogP contribution in [0.15, 0.2) is 48.8 Å². The van der Waals surface area contributed by atoms with Crippen molar-refractivity contribution in [1.82, 2.24) is 14.5 Å². The van der Waals surface area contributed by atoms with Crippen LogP contribution < -0.4 is 9.64 Å². The van der Waals surface area contributed by atoms with E-state index in [0.717, 1.165) is 75.5 Å². The summed E-state index contributed by atoms with van der Waals surface area (Å²) in [6, 6.07) is 11.8. The Morgan fingerprint density at radius 1 is 1.00 bits per heavy atom. The number of hydrogen-bond acceptors (Lipinski definition) is 4. The molecular weight excluding hydrogens is 407 g/mol. The van der Waals surface area contributed by atoms with Crippen molar-refractivity contribution < 1.29 is 4.74 Å². The van der Waals surface area contributed by atoms with Crippen LogP contribution in [-0.2, 0) is 0 Å². The summed E-state index contributed by atoms with van der Waals surface area (Å²) in [6.45, 7) is 5.98. The van der Waals surface area contributed by atoms with Gasteiger partial charge in [0.05, 0.1) is 27.9 Å². The molecular formula is C22H26Cl2N4O. The lowest BCUT2D eigenvalue weighted by atomic mass is 10.2. The molecule has 0 saturated carbocycles. The van der Waals surface area contributed by atoms with Crippen LogP contribution in [0.5, 0.6) is 5.75 Å². The Kier molecular flexibility index (Phi) is 6.80. The molecule has 0 aliphatic carbocycles. The van der Waals surface area contributed by atoms with Crippen molar-refractivity contribution in [3.8, 4) is 5.75 Å². The lowest BCUT2D eigenvalue weighted by molar-refractivity contribution is 0.261. The van der Waals surface area contributed by atoms with E-state index in [1.807, 2.05) is 41.0 Å². The first-order valence-electron chi connectivity index (χ1n) is 10.2. The Morgan fingerprint density at radius 3 is 2.86 bits per heavy atom. The lowest BCUT2D eigenvalue weighted by Crippen LogP contribution is -2.31. The van der Waals surface area contributed by atoms with Gasteiger partial charge in [-0.1, -0.05) is 29.3 Å². The predicted molar refractivity (Wildman–Crippen MR) is 120 cm³/mol. The summed E-state index contributed by atoms with van der Waals surface area (Å²) in [5, 5.41) is 5.48. The van der Waals surface area contributed by atoms with E-state index in [-0.39, 0.29) is 0 Å². The maximum atomic E-state index is 6.40. The SMILES string of the molecule is Clc1cccc(N2CCCN(CCCCOc3ccn4nccc4c3)CC2)c1Cl. The lowest BCUT2D eigenvalue weighted by Gasteiger charge is -2.25. The normalized spacial score (nSPS) is 15.6. The summed E-state index contributed by atoms with van der Waals surface area (Å²) in [4.78, 5) is 4.89. The second-order valence-corrected chi connectivity index (χ2v) is 8.16. The van der Waals surface area contributed by atoms with E-state index in [1.54, 1.807) is 6.20 Å². The third kappa shape index (κ3) is 5.16. The molecule has 1 aliphatic heterocycles. The van der Waals surface area contributed by atoms with Crippen molar-refractivity contribution in [2.24, 2.45) is 0 Å². The number of fused-ring (bicyclic) bond motifs is 1. The van der Waals surface area contributed by atoms with E-state index in [0.29, 0.717) is 10.0 Å². The van der Waals surface area contributed by atoms with Gasteiger partial charge in [-0.3, -0.25) is 0 Å². The highest BCUT2D eigenvalue weighted by atomic mass is 35.5. The minimum absolute atomic E-state index is 0.623. The van der Waals surface area contributed by atoms with Crippen LogP contribution in [0.2, 0.25) is 10.0 Å². The summed E-state index contributed by atoms with van der Waals surface area (Å²) in [7, 11) is 0. The molecule has 154 valence electrons. The molecule has 0 spiro atoms. The monoisotopic (exact) mass is 432 g/mol. The van der Waals surface area contributed by atoms with Crippen LogP contribution >= 0.6 is 23.2 Å². The van der Waals surface area contributed by atoms with Crippen LogP contribution in [0, 0.1) is 0 Å². The minimum atomic E-state index is 0.623. The molecule has 0 radical (unpaired) electrons. The molecule has 0 N–H and O–H groups in total. The first-order valence-corrected chi connectivity index (χ1v) is 10.9. The number of hydrogen-bond donors (Lipinski definition) is 0. The van der Waals surface area contributed by atoms with E-state index < -0.39 is 0 Å². The molecule has 2 aromatic heterocycles. The van der Waals surface area contributed by atoms with Gasteiger partial charge in [0.1, 0.15) is 5.75 Å². The van der Waals surface area contributed by atoms with Crippen LogP contribution in [0.1, 0.15) is 19.3 Å². The highest BCUT2D eigenvalue weighted by molar-refractivity contribution is 6.43. The predicted octanol–water partition coefficient (Wildman–Crippen LogP) is 5.01. The van der Waals surface area contributed by atoms with Crippen molar-refractivity contribution in [2.75, 3.05) is 44.2 Å². The zero-order chi connectivity index (χ0) is 20.1. The number of unbranched alkanes of at least 4 members (excludes halogenated alkanes) is 1. The van der Waals surface area contributed by atoms with Crippen LogP contribution in [-0.4, -0.2) is 53.8 Å². The Balaban J connectivity index is 1.19. The number of ether oxygens (including phenoxy) is 1. The van der Waals surface area contributed by atoms with Gasteiger partial charge in [-0.25, -0.2) is 4.52 Å². The molecule has 3 heterocycles. The molecule has 29 heavy (non-hydrogen) atoms. The smallest absolute Gasteiger partial charge is 0.122 e. The van der Waals surface area contributed by atoms with E-state index >= 15 is 0 Å². The van der Waals surface area contributed by atoms with Crippen molar-refractivity contribution in [3.05, 3.63) is 58.8 Å². The average Bonchev–Trinajstić information content (AvgIpc) is 3.07. The maximum Gasteiger partial charge on any atom is 0.122 e. The zero-order valence-electron chi connectivity index (χ0n) is 16.4. The van der Waals surface area contributed by atoms with Crippen LogP contribution in [0.3, 0.4) is 0 Å². The summed E-state index contributed by atoms with van der Waals surface area (Å²) in [5.74, 6) is 0.904. The van der Waals surface area contributed by atoms with Crippen molar-refractivity contribution in [3.63, 3.8) is 0 Å². The molecule has 4 rings (SSSR count). The van der Waals surface area contributed by atoms with Crippen molar-refractivity contribution in [1.29, 1.82) is 0 Å². The van der Waals surface area contributed by atoms with Gasteiger partial charge in [-0.05, 0) is 56.6 Å². The van der Waals surface area contributed by atoms with Gasteiger partial charge in [0, 0.05) is 38.1 Å². The fourth-order valence-electron chi connectivity index (χ4n) is 3.79. The van der Waals surface area contributed by atoms with E-state index in [4.69, 9.17) is 27.9 Å². The van der Waals surface area contributed by atoms with Gasteiger partial charge in [0.25, 0.3) is 0 Å². The van der Waals surface area contributed by atoms with Gasteiger partial charge >= 0.3 is 0 Å². The first-order chi connectivity index (χ1) is 14.2. The Bertz CT molecular complexity index is 945. The van der Waals surface area contributed by atoms with Crippen molar-refractivity contribution in [2.45, 2.75) is 19.3 Å². The number of aromatic nitrogens is 2. The number of benzene rings is 1. The largest absolute Gasteiger partial charge is 0.493 e. The quantitative estimate of drug-likeness (QED) is 0.491. The van der Waals surface area contributed by atoms with Gasteiger partial charge in [0.15, 0.2) is 0 Å². The van der Waals surface area contributed by atoms with E-state index in [9.17, 15) is 0 Å². The summed E-state index contributed by atoms with van der Waals surface area (Å²) in [5.41, 5.74) is 2.10. The number of anilines is 1. The molecule has 1 aliphatic rings. The Labute approximate surface area is 181 Å². The van der Waals surface area contributed by atoms with Crippen LogP contribution in [0.4, 0.5) is 5.69 Å². The van der Waals surface area contributed by atoms with Crippen molar-refractivity contribution >= 4 is 34.4 Å². The van der Waals surface area contributed by atoms with Gasteiger partial charge in [-0.15, -0.1) is 0 Å². The molecule has 1 fully saturated rings. The average molecular weight is 433 g/mol. The van der Waals surface area contributed by atoms with E-state index in [1.165, 1.54) is 0 Å². The molecule has 0 amide bonds.